The summed E-state index contributed by atoms with van der Waals surface area (Å²) in [6.07, 6.45) is 15.0. The van der Waals surface area contributed by atoms with Gasteiger partial charge in [0.1, 0.15) is 0 Å². The third-order valence-electron chi connectivity index (χ3n) is 10.7. The number of benzene rings is 4. The molecular formula is C49H58Cl2Zr-2. The molecule has 0 N–H and O–H groups in total. The molecule has 1 unspecified atom stereocenters. The van der Waals surface area contributed by atoms with Crippen molar-refractivity contribution in [1.29, 1.82) is 0 Å². The third-order valence-corrected chi connectivity index (χ3v) is 12.1. The molecule has 0 aliphatic heterocycles. The van der Waals surface area contributed by atoms with Gasteiger partial charge in [-0.25, -0.2) is 6.08 Å². The Morgan fingerprint density at radius 2 is 1.12 bits per heavy atom. The number of allylic oxidation sites excluding steroid dienone is 4. The molecule has 274 valence electrons. The maximum absolute atomic E-state index is 3.37. The predicted molar refractivity (Wildman–Crippen MR) is 216 cm³/mol. The molecule has 2 aliphatic rings. The molecule has 0 heterocycles. The van der Waals surface area contributed by atoms with E-state index >= 15 is 0 Å². The fraction of sp³-hybridized carbons (Fsp3) is 0.388. The van der Waals surface area contributed by atoms with E-state index in [1.165, 1.54) is 114 Å². The average Bonchev–Trinajstić information content (AvgIpc) is 3.67. The Hall–Kier alpha value is -2.44. The van der Waals surface area contributed by atoms with Crippen molar-refractivity contribution in [2.75, 3.05) is 0 Å². The van der Waals surface area contributed by atoms with Crippen molar-refractivity contribution in [2.24, 2.45) is 11.3 Å². The van der Waals surface area contributed by atoms with Crippen LogP contribution in [-0.2, 0) is 35.1 Å². The van der Waals surface area contributed by atoms with Gasteiger partial charge < -0.3 is 24.8 Å². The summed E-state index contributed by atoms with van der Waals surface area (Å²) in [4.78, 5) is 0. The molecule has 3 heteroatoms. The number of hydrogen-bond donors (Lipinski definition) is 0. The van der Waals surface area contributed by atoms with E-state index in [0.29, 0.717) is 11.3 Å². The Labute approximate surface area is 343 Å². The molecule has 0 amide bonds. The minimum absolute atomic E-state index is 0. The molecule has 7 rings (SSSR count). The first-order chi connectivity index (χ1) is 23.6. The molecule has 5 aromatic rings. The zero-order chi connectivity index (χ0) is 36.3. The Morgan fingerprint density at radius 3 is 1.48 bits per heavy atom. The van der Waals surface area contributed by atoms with Gasteiger partial charge in [-0.2, -0.15) is 11.6 Å². The van der Waals surface area contributed by atoms with Gasteiger partial charge in [0.25, 0.3) is 0 Å². The molecule has 0 aromatic heterocycles. The minimum atomic E-state index is 0. The zero-order valence-corrected chi connectivity index (χ0v) is 37.2. The van der Waals surface area contributed by atoms with Gasteiger partial charge in [-0.15, -0.1) is 39.7 Å². The van der Waals surface area contributed by atoms with Crippen LogP contribution in [0.2, 0.25) is 0 Å². The van der Waals surface area contributed by atoms with E-state index in [-0.39, 0.29) is 35.6 Å². The molecule has 1 fully saturated rings. The van der Waals surface area contributed by atoms with Crippen molar-refractivity contribution in [3.63, 3.8) is 0 Å². The van der Waals surface area contributed by atoms with Gasteiger partial charge in [0.05, 0.1) is 0 Å². The fourth-order valence-corrected chi connectivity index (χ4v) is 8.73. The topological polar surface area (TPSA) is 0 Å². The van der Waals surface area contributed by atoms with Gasteiger partial charge in [-0.3, -0.25) is 6.08 Å². The van der Waals surface area contributed by atoms with E-state index < -0.39 is 0 Å². The number of hydrogen-bond acceptors (Lipinski definition) is 0. The maximum atomic E-state index is 3.37. The van der Waals surface area contributed by atoms with Gasteiger partial charge in [0, 0.05) is 0 Å². The zero-order valence-electron chi connectivity index (χ0n) is 33.2. The molecule has 1 saturated carbocycles. The summed E-state index contributed by atoms with van der Waals surface area (Å²) in [5, 5.41) is 5.55. The van der Waals surface area contributed by atoms with E-state index in [1.807, 2.05) is 0 Å². The summed E-state index contributed by atoms with van der Waals surface area (Å²) in [5.74, 6) is 0.550. The molecule has 0 spiro atoms. The van der Waals surface area contributed by atoms with Gasteiger partial charge in [-0.1, -0.05) is 133 Å². The van der Waals surface area contributed by atoms with Crippen LogP contribution in [0.5, 0.6) is 0 Å². The number of aryl methyl sites for hydroxylation is 2. The molecule has 2 aliphatic carbocycles. The normalized spacial score (nSPS) is 16.5. The molecule has 52 heavy (non-hydrogen) atoms. The predicted octanol–water partition coefficient (Wildman–Crippen LogP) is 7.63. The van der Waals surface area contributed by atoms with Crippen molar-refractivity contribution in [3.8, 4) is 0 Å². The first-order valence-corrected chi connectivity index (χ1v) is 20.0. The quantitative estimate of drug-likeness (QED) is 0.165. The Balaban J connectivity index is 0.000000218. The van der Waals surface area contributed by atoms with Crippen molar-refractivity contribution in [3.05, 3.63) is 148 Å². The molecule has 0 bridgehead atoms. The second-order valence-corrected chi connectivity index (χ2v) is 18.3. The summed E-state index contributed by atoms with van der Waals surface area (Å²) >= 11 is 1.46. The first kappa shape index (κ1) is 44.0. The molecule has 1 atom stereocenters. The number of rotatable bonds is 3. The van der Waals surface area contributed by atoms with Gasteiger partial charge >= 0.3 is 99.2 Å². The summed E-state index contributed by atoms with van der Waals surface area (Å²) in [7, 11) is 0. The van der Waals surface area contributed by atoms with Gasteiger partial charge in [0.15, 0.2) is 0 Å². The van der Waals surface area contributed by atoms with Crippen molar-refractivity contribution in [1.82, 2.24) is 0 Å². The van der Waals surface area contributed by atoms with Crippen LogP contribution in [0.1, 0.15) is 121 Å². The summed E-state index contributed by atoms with van der Waals surface area (Å²) in [6, 6.07) is 33.0. The van der Waals surface area contributed by atoms with Crippen LogP contribution in [0, 0.1) is 31.3 Å². The molecule has 5 aromatic carbocycles. The summed E-state index contributed by atoms with van der Waals surface area (Å²) in [6.45, 7) is 22.9. The van der Waals surface area contributed by atoms with E-state index in [0.717, 1.165) is 0 Å². The number of halogens is 2. The van der Waals surface area contributed by atoms with Crippen molar-refractivity contribution in [2.45, 2.75) is 112 Å². The SMILES string of the molecule is CC1[C-]=CC(C2(C)CCCCC2)=C1.Cc1cc2[cH-]c3cc(C)c(C(C)(C)C)cc3c2cc1C(C)(C)C.[Cl-].[Cl-].[Zr+2]=[C](c1ccccc1)c1ccccc1. The van der Waals surface area contributed by atoms with Crippen LogP contribution in [0.15, 0.2) is 109 Å². The first-order valence-electron chi connectivity index (χ1n) is 18.7. The summed E-state index contributed by atoms with van der Waals surface area (Å²) < 4.78 is 1.42. The van der Waals surface area contributed by atoms with E-state index in [4.69, 9.17) is 0 Å². The van der Waals surface area contributed by atoms with Crippen LogP contribution in [-0.4, -0.2) is 3.21 Å². The van der Waals surface area contributed by atoms with Gasteiger partial charge in [0.2, 0.25) is 0 Å². The monoisotopic (exact) mass is 806 g/mol. The molecule has 0 radical (unpaired) electrons. The summed E-state index contributed by atoms with van der Waals surface area (Å²) in [5.41, 5.74) is 10.8. The van der Waals surface area contributed by atoms with Crippen LogP contribution in [0.3, 0.4) is 0 Å². The molecule has 0 saturated heterocycles. The van der Waals surface area contributed by atoms with E-state index in [2.05, 4.69) is 178 Å². The van der Waals surface area contributed by atoms with Gasteiger partial charge in [-0.05, 0) is 24.7 Å². The number of fused-ring (bicyclic) bond motifs is 3. The standard InChI is InChI=1S/C23H29.C13H19.C13H10.2ClH.Zr/c1-14-9-16-11-17-10-15(2)21(23(6,7)8)13-19(17)18(16)12-20(14)22(3,4)5;1-11-6-7-12(10-11)13(2)8-4-3-5-9-13;1-3-7-12(8-4-1)11-13-9-5-2-6-10-13;;;/h9-13H,1-8H3;7,10-11H,3-5,8-9H2,1-2H3;1-10H;2*1H;/q2*-1;;;;+2/p-2. The Kier molecular flexibility index (Phi) is 15.4. The Bertz CT molecular complexity index is 1870. The fourth-order valence-electron chi connectivity index (χ4n) is 7.91. The van der Waals surface area contributed by atoms with Crippen LogP contribution < -0.4 is 24.8 Å². The van der Waals surface area contributed by atoms with Crippen molar-refractivity contribution < 1.29 is 49.0 Å². The van der Waals surface area contributed by atoms with Crippen LogP contribution in [0.25, 0.3) is 21.5 Å². The van der Waals surface area contributed by atoms with Crippen molar-refractivity contribution >= 4 is 24.8 Å². The Morgan fingerprint density at radius 1 is 0.692 bits per heavy atom. The van der Waals surface area contributed by atoms with Crippen LogP contribution in [0.4, 0.5) is 0 Å². The van der Waals surface area contributed by atoms with Crippen LogP contribution >= 0.6 is 0 Å². The van der Waals surface area contributed by atoms with E-state index in [1.54, 1.807) is 5.57 Å². The second kappa shape index (κ2) is 18.3. The molecular weight excluding hydrogens is 751 g/mol. The molecule has 0 nitrogen and oxygen atoms in total. The average molecular weight is 809 g/mol. The third kappa shape index (κ3) is 10.6. The van der Waals surface area contributed by atoms with E-state index in [9.17, 15) is 0 Å². The second-order valence-electron chi connectivity index (χ2n) is 17.1.